The highest BCUT2D eigenvalue weighted by Crippen LogP contribution is 2.22. The zero-order valence-electron chi connectivity index (χ0n) is 10.5. The van der Waals surface area contributed by atoms with Crippen LogP contribution in [0.15, 0.2) is 5.38 Å². The molecule has 1 atom stereocenters. The van der Waals surface area contributed by atoms with Gasteiger partial charge in [0, 0.05) is 5.38 Å². The van der Waals surface area contributed by atoms with Crippen molar-refractivity contribution in [1.82, 2.24) is 4.98 Å². The van der Waals surface area contributed by atoms with Crippen LogP contribution in [0.25, 0.3) is 0 Å². The summed E-state index contributed by atoms with van der Waals surface area (Å²) in [7, 11) is 0. The predicted octanol–water partition coefficient (Wildman–Crippen LogP) is 3.00. The Balaban J connectivity index is 2.71. The van der Waals surface area contributed by atoms with E-state index in [0.717, 1.165) is 5.69 Å². The number of hydrogen-bond acceptors (Lipinski definition) is 4. The van der Waals surface area contributed by atoms with Crippen LogP contribution in [0.4, 0.5) is 5.13 Å². The van der Waals surface area contributed by atoms with Crippen molar-refractivity contribution in [3.8, 4) is 6.07 Å². The van der Waals surface area contributed by atoms with Gasteiger partial charge in [0.05, 0.1) is 11.8 Å². The van der Waals surface area contributed by atoms with E-state index in [2.05, 4.69) is 10.3 Å². The fourth-order valence-corrected chi connectivity index (χ4v) is 2.18. The van der Waals surface area contributed by atoms with Crippen molar-refractivity contribution in [2.45, 2.75) is 33.6 Å². The zero-order chi connectivity index (χ0) is 13.0. The van der Waals surface area contributed by atoms with Crippen LogP contribution in [0, 0.1) is 23.2 Å². The Morgan fingerprint density at radius 1 is 1.47 bits per heavy atom. The highest BCUT2D eigenvalue weighted by Gasteiger charge is 2.22. The molecular formula is C12H17N3OS. The Labute approximate surface area is 106 Å². The lowest BCUT2D eigenvalue weighted by molar-refractivity contribution is -0.119. The van der Waals surface area contributed by atoms with Gasteiger partial charge in [-0.05, 0) is 11.8 Å². The number of nitrogens with zero attached hydrogens (tertiary/aromatic N) is 2. The van der Waals surface area contributed by atoms with E-state index in [9.17, 15) is 4.79 Å². The number of amides is 1. The van der Waals surface area contributed by atoms with Gasteiger partial charge in [-0.3, -0.25) is 4.79 Å². The third-order valence-corrected chi connectivity index (χ3v) is 3.21. The molecule has 0 radical (unpaired) electrons. The van der Waals surface area contributed by atoms with Gasteiger partial charge in [0.25, 0.3) is 0 Å². The third-order valence-electron chi connectivity index (χ3n) is 2.43. The summed E-state index contributed by atoms with van der Waals surface area (Å²) >= 11 is 1.39. The van der Waals surface area contributed by atoms with E-state index in [1.54, 1.807) is 0 Å². The maximum Gasteiger partial charge on any atom is 0.243 e. The minimum Gasteiger partial charge on any atom is -0.301 e. The molecule has 17 heavy (non-hydrogen) atoms. The first-order valence-electron chi connectivity index (χ1n) is 5.61. The summed E-state index contributed by atoms with van der Waals surface area (Å²) in [6.07, 6.45) is 0. The van der Waals surface area contributed by atoms with Gasteiger partial charge < -0.3 is 5.32 Å². The predicted molar refractivity (Wildman–Crippen MR) is 68.8 cm³/mol. The number of nitriles is 1. The van der Waals surface area contributed by atoms with Gasteiger partial charge in [-0.25, -0.2) is 4.98 Å². The fourth-order valence-electron chi connectivity index (χ4n) is 1.30. The second-order valence-corrected chi connectivity index (χ2v) is 5.43. The topological polar surface area (TPSA) is 65.8 Å². The molecule has 0 bridgehead atoms. The number of rotatable bonds is 4. The molecule has 1 aromatic heterocycles. The van der Waals surface area contributed by atoms with Gasteiger partial charge in [-0.2, -0.15) is 5.26 Å². The first-order valence-corrected chi connectivity index (χ1v) is 6.49. The normalized spacial score (nSPS) is 12.5. The highest BCUT2D eigenvalue weighted by molar-refractivity contribution is 7.13. The molecule has 1 amide bonds. The molecule has 0 saturated heterocycles. The summed E-state index contributed by atoms with van der Waals surface area (Å²) in [6, 6.07) is 2.02. The lowest BCUT2D eigenvalue weighted by Gasteiger charge is -2.11. The molecule has 0 saturated carbocycles. The van der Waals surface area contributed by atoms with Gasteiger partial charge >= 0.3 is 0 Å². The van der Waals surface area contributed by atoms with Crippen LogP contribution in [0.5, 0.6) is 0 Å². The quantitative estimate of drug-likeness (QED) is 0.894. The van der Waals surface area contributed by atoms with Crippen LogP contribution in [0.2, 0.25) is 0 Å². The molecule has 1 rings (SSSR count). The lowest BCUT2D eigenvalue weighted by Crippen LogP contribution is -2.25. The van der Waals surface area contributed by atoms with Crippen LogP contribution in [-0.4, -0.2) is 10.9 Å². The molecule has 0 aliphatic carbocycles. The number of hydrogen-bond donors (Lipinski definition) is 1. The molecule has 4 nitrogen and oxygen atoms in total. The Morgan fingerprint density at radius 2 is 2.12 bits per heavy atom. The van der Waals surface area contributed by atoms with E-state index in [0.29, 0.717) is 11.0 Å². The van der Waals surface area contributed by atoms with Crippen molar-refractivity contribution < 1.29 is 4.79 Å². The van der Waals surface area contributed by atoms with Crippen LogP contribution >= 0.6 is 11.3 Å². The monoisotopic (exact) mass is 251 g/mol. The van der Waals surface area contributed by atoms with Gasteiger partial charge in [0.15, 0.2) is 5.13 Å². The smallest absolute Gasteiger partial charge is 0.243 e. The standard InChI is InChI=1S/C12H17N3OS/c1-7(2)9(5-13)11(16)15-12-14-10(6-17-12)8(3)4/h6-9H,1-4H3,(H,14,15,16). The van der Waals surface area contributed by atoms with Crippen molar-refractivity contribution in [1.29, 1.82) is 5.26 Å². The maximum atomic E-state index is 11.8. The van der Waals surface area contributed by atoms with Crippen LogP contribution in [0.3, 0.4) is 0 Å². The number of aromatic nitrogens is 1. The van der Waals surface area contributed by atoms with Crippen LogP contribution in [-0.2, 0) is 4.79 Å². The van der Waals surface area contributed by atoms with E-state index in [1.807, 2.05) is 39.1 Å². The van der Waals surface area contributed by atoms with Crippen molar-refractivity contribution in [2.24, 2.45) is 11.8 Å². The summed E-state index contributed by atoms with van der Waals surface area (Å²) in [4.78, 5) is 16.1. The molecular weight excluding hydrogens is 234 g/mol. The van der Waals surface area contributed by atoms with Gasteiger partial charge in [0.1, 0.15) is 5.92 Å². The molecule has 92 valence electrons. The molecule has 1 N–H and O–H groups in total. The summed E-state index contributed by atoms with van der Waals surface area (Å²) < 4.78 is 0. The summed E-state index contributed by atoms with van der Waals surface area (Å²) in [6.45, 7) is 7.81. The lowest BCUT2D eigenvalue weighted by atomic mass is 9.97. The highest BCUT2D eigenvalue weighted by atomic mass is 32.1. The van der Waals surface area contributed by atoms with E-state index in [4.69, 9.17) is 5.26 Å². The molecule has 1 heterocycles. The Kier molecular flexibility index (Phi) is 4.64. The SMILES string of the molecule is CC(C)c1csc(NC(=O)C(C#N)C(C)C)n1. The Hall–Kier alpha value is -1.41. The van der Waals surface area contributed by atoms with Gasteiger partial charge in [0.2, 0.25) is 5.91 Å². The summed E-state index contributed by atoms with van der Waals surface area (Å²) in [5, 5.41) is 14.1. The van der Waals surface area contributed by atoms with Crippen molar-refractivity contribution in [3.05, 3.63) is 11.1 Å². The van der Waals surface area contributed by atoms with Crippen LogP contribution in [0.1, 0.15) is 39.3 Å². The minimum atomic E-state index is -0.624. The minimum absolute atomic E-state index is 0.00420. The molecule has 0 aliphatic heterocycles. The van der Waals surface area contributed by atoms with E-state index >= 15 is 0 Å². The number of anilines is 1. The van der Waals surface area contributed by atoms with E-state index in [1.165, 1.54) is 11.3 Å². The fraction of sp³-hybridized carbons (Fsp3) is 0.583. The molecule has 1 unspecified atom stereocenters. The van der Waals surface area contributed by atoms with E-state index in [-0.39, 0.29) is 11.8 Å². The number of thiazole rings is 1. The van der Waals surface area contributed by atoms with E-state index < -0.39 is 5.92 Å². The second kappa shape index (κ2) is 5.78. The molecule has 0 fully saturated rings. The first kappa shape index (κ1) is 13.7. The van der Waals surface area contributed by atoms with Gasteiger partial charge in [-0.1, -0.05) is 27.7 Å². The molecule has 1 aromatic rings. The molecule has 0 aliphatic rings. The van der Waals surface area contributed by atoms with Crippen molar-refractivity contribution in [2.75, 3.05) is 5.32 Å². The third kappa shape index (κ3) is 3.53. The second-order valence-electron chi connectivity index (χ2n) is 4.57. The van der Waals surface area contributed by atoms with Crippen molar-refractivity contribution >= 4 is 22.4 Å². The molecule has 0 aromatic carbocycles. The zero-order valence-corrected chi connectivity index (χ0v) is 11.3. The number of carbonyl (C=O) groups excluding carboxylic acids is 1. The Bertz CT molecular complexity index is 431. The molecule has 5 heteroatoms. The summed E-state index contributed by atoms with van der Waals surface area (Å²) in [5.41, 5.74) is 0.961. The van der Waals surface area contributed by atoms with Gasteiger partial charge in [-0.15, -0.1) is 11.3 Å². The maximum absolute atomic E-state index is 11.8. The van der Waals surface area contributed by atoms with Crippen molar-refractivity contribution in [3.63, 3.8) is 0 Å². The largest absolute Gasteiger partial charge is 0.301 e. The number of carbonyl (C=O) groups is 1. The Morgan fingerprint density at radius 3 is 2.53 bits per heavy atom. The molecule has 0 spiro atoms. The van der Waals surface area contributed by atoms with Crippen LogP contribution < -0.4 is 5.32 Å². The summed E-state index contributed by atoms with van der Waals surface area (Å²) in [5.74, 6) is -0.549. The average Bonchev–Trinajstić information content (AvgIpc) is 2.66. The first-order chi connectivity index (χ1) is 7.95. The number of nitrogens with one attached hydrogen (secondary N) is 1. The average molecular weight is 251 g/mol.